The molecular formula is C19H13ClN4OS. The number of amides is 1. The van der Waals surface area contributed by atoms with Crippen molar-refractivity contribution < 1.29 is 4.79 Å². The maximum Gasteiger partial charge on any atom is 0.258 e. The Morgan fingerprint density at radius 1 is 1.08 bits per heavy atom. The molecule has 128 valence electrons. The molecule has 1 amide bonds. The smallest absolute Gasteiger partial charge is 0.258 e. The average Bonchev–Trinajstić information content (AvgIpc) is 3.09. The van der Waals surface area contributed by atoms with Crippen LogP contribution in [-0.2, 0) is 0 Å². The first-order valence-electron chi connectivity index (χ1n) is 7.88. The highest BCUT2D eigenvalue weighted by atomic mass is 35.5. The summed E-state index contributed by atoms with van der Waals surface area (Å²) in [5.74, 6) is -0.242. The highest BCUT2D eigenvalue weighted by Crippen LogP contribution is 2.32. The van der Waals surface area contributed by atoms with E-state index in [-0.39, 0.29) is 5.91 Å². The van der Waals surface area contributed by atoms with Crippen molar-refractivity contribution in [3.05, 3.63) is 70.9 Å². The Labute approximate surface area is 158 Å². The van der Waals surface area contributed by atoms with Gasteiger partial charge in [-0.3, -0.25) is 15.1 Å². The standard InChI is InChI=1S/C19H13ClN4OS/c1-11-10-14(12-6-3-5-9-16(12)21-11)17(25)22-19-24-23-18(26-19)13-7-2-4-8-15(13)20/h2-10H,1H3,(H,22,24,25). The van der Waals surface area contributed by atoms with Gasteiger partial charge in [-0.1, -0.05) is 59.3 Å². The van der Waals surface area contributed by atoms with Crippen LogP contribution in [0.3, 0.4) is 0 Å². The number of carbonyl (C=O) groups excluding carboxylic acids is 1. The van der Waals surface area contributed by atoms with E-state index in [0.717, 1.165) is 22.2 Å². The van der Waals surface area contributed by atoms with Gasteiger partial charge in [0.15, 0.2) is 5.01 Å². The molecule has 4 aromatic rings. The number of hydrogen-bond donors (Lipinski definition) is 1. The zero-order valence-electron chi connectivity index (χ0n) is 13.7. The normalized spacial score (nSPS) is 10.8. The van der Waals surface area contributed by atoms with E-state index in [9.17, 15) is 4.79 Å². The minimum absolute atomic E-state index is 0.242. The summed E-state index contributed by atoms with van der Waals surface area (Å²) in [7, 11) is 0. The molecule has 0 atom stereocenters. The molecule has 1 N–H and O–H groups in total. The fraction of sp³-hybridized carbons (Fsp3) is 0.0526. The van der Waals surface area contributed by atoms with Crippen molar-refractivity contribution in [2.75, 3.05) is 5.32 Å². The molecule has 5 nitrogen and oxygen atoms in total. The van der Waals surface area contributed by atoms with E-state index >= 15 is 0 Å². The number of nitrogens with one attached hydrogen (secondary N) is 1. The second-order valence-corrected chi connectivity index (χ2v) is 7.06. The van der Waals surface area contributed by atoms with Crippen molar-refractivity contribution in [2.24, 2.45) is 0 Å². The van der Waals surface area contributed by atoms with Crippen molar-refractivity contribution >= 4 is 44.9 Å². The van der Waals surface area contributed by atoms with Crippen LogP contribution in [-0.4, -0.2) is 21.1 Å². The summed E-state index contributed by atoms with van der Waals surface area (Å²) in [6.07, 6.45) is 0. The third-order valence-corrected chi connectivity index (χ3v) is 5.04. The Balaban J connectivity index is 1.65. The van der Waals surface area contributed by atoms with Gasteiger partial charge in [0, 0.05) is 16.6 Å². The quantitative estimate of drug-likeness (QED) is 0.545. The molecule has 0 aliphatic carbocycles. The van der Waals surface area contributed by atoms with E-state index in [1.54, 1.807) is 12.1 Å². The van der Waals surface area contributed by atoms with Crippen LogP contribution in [0.5, 0.6) is 0 Å². The maximum atomic E-state index is 12.8. The number of hydrogen-bond acceptors (Lipinski definition) is 5. The Hall–Kier alpha value is -2.83. The van der Waals surface area contributed by atoms with Gasteiger partial charge in [-0.05, 0) is 25.1 Å². The van der Waals surface area contributed by atoms with Gasteiger partial charge in [-0.2, -0.15) is 0 Å². The zero-order valence-corrected chi connectivity index (χ0v) is 15.3. The molecular weight excluding hydrogens is 368 g/mol. The number of para-hydroxylation sites is 1. The lowest BCUT2D eigenvalue weighted by atomic mass is 10.1. The van der Waals surface area contributed by atoms with E-state index in [4.69, 9.17) is 11.6 Å². The van der Waals surface area contributed by atoms with Crippen molar-refractivity contribution in [3.8, 4) is 10.6 Å². The van der Waals surface area contributed by atoms with Crippen LogP contribution in [0.4, 0.5) is 5.13 Å². The van der Waals surface area contributed by atoms with E-state index in [1.165, 1.54) is 11.3 Å². The summed E-state index contributed by atoms with van der Waals surface area (Å²) < 4.78 is 0. The number of benzene rings is 2. The summed E-state index contributed by atoms with van der Waals surface area (Å²) in [5.41, 5.74) is 2.91. The van der Waals surface area contributed by atoms with Crippen LogP contribution < -0.4 is 5.32 Å². The van der Waals surface area contributed by atoms with Gasteiger partial charge in [0.05, 0.1) is 16.1 Å². The maximum absolute atomic E-state index is 12.8. The molecule has 0 radical (unpaired) electrons. The van der Waals surface area contributed by atoms with Crippen molar-refractivity contribution in [2.45, 2.75) is 6.92 Å². The predicted molar refractivity (Wildman–Crippen MR) is 105 cm³/mol. The van der Waals surface area contributed by atoms with Crippen LogP contribution in [0.15, 0.2) is 54.6 Å². The first-order chi connectivity index (χ1) is 12.6. The van der Waals surface area contributed by atoms with Crippen molar-refractivity contribution in [1.82, 2.24) is 15.2 Å². The summed E-state index contributed by atoms with van der Waals surface area (Å²) in [4.78, 5) is 17.2. The minimum atomic E-state index is -0.242. The van der Waals surface area contributed by atoms with Crippen molar-refractivity contribution in [3.63, 3.8) is 0 Å². The number of anilines is 1. The van der Waals surface area contributed by atoms with E-state index in [2.05, 4.69) is 20.5 Å². The summed E-state index contributed by atoms with van der Waals surface area (Å²) >= 11 is 7.48. The van der Waals surface area contributed by atoms with Gasteiger partial charge in [-0.15, -0.1) is 10.2 Å². The topological polar surface area (TPSA) is 67.8 Å². The van der Waals surface area contributed by atoms with Crippen LogP contribution in [0, 0.1) is 6.92 Å². The molecule has 2 heterocycles. The Kier molecular flexibility index (Phi) is 4.36. The van der Waals surface area contributed by atoms with Crippen LogP contribution in [0.2, 0.25) is 5.02 Å². The van der Waals surface area contributed by atoms with E-state index in [1.807, 2.05) is 49.4 Å². The molecule has 0 fully saturated rings. The SMILES string of the molecule is Cc1cc(C(=O)Nc2nnc(-c3ccccc3Cl)s2)c2ccccc2n1. The van der Waals surface area contributed by atoms with E-state index < -0.39 is 0 Å². The third kappa shape index (κ3) is 3.16. The molecule has 2 aromatic heterocycles. The van der Waals surface area contributed by atoms with Gasteiger partial charge >= 0.3 is 0 Å². The zero-order chi connectivity index (χ0) is 18.1. The number of halogens is 1. The lowest BCUT2D eigenvalue weighted by Crippen LogP contribution is -2.13. The molecule has 0 spiro atoms. The van der Waals surface area contributed by atoms with Gasteiger partial charge < -0.3 is 0 Å². The van der Waals surface area contributed by atoms with Gasteiger partial charge in [0.2, 0.25) is 5.13 Å². The Morgan fingerprint density at radius 3 is 2.69 bits per heavy atom. The number of nitrogens with zero attached hydrogens (tertiary/aromatic N) is 3. The van der Waals surface area contributed by atoms with Gasteiger partial charge in [0.1, 0.15) is 0 Å². The molecule has 2 aromatic carbocycles. The molecule has 7 heteroatoms. The minimum Gasteiger partial charge on any atom is -0.296 e. The number of pyridine rings is 1. The first kappa shape index (κ1) is 16.6. The Bertz CT molecular complexity index is 1130. The molecule has 0 saturated carbocycles. The van der Waals surface area contributed by atoms with Crippen molar-refractivity contribution in [1.29, 1.82) is 0 Å². The molecule has 0 aliphatic rings. The number of aromatic nitrogens is 3. The molecule has 4 rings (SSSR count). The molecule has 0 unspecified atom stereocenters. The molecule has 0 bridgehead atoms. The second-order valence-electron chi connectivity index (χ2n) is 5.67. The number of rotatable bonds is 3. The molecule has 0 saturated heterocycles. The van der Waals surface area contributed by atoms with Crippen LogP contribution in [0.1, 0.15) is 16.1 Å². The summed E-state index contributed by atoms with van der Waals surface area (Å²) in [5, 5.41) is 13.5. The molecule has 26 heavy (non-hydrogen) atoms. The highest BCUT2D eigenvalue weighted by molar-refractivity contribution is 7.18. The number of carbonyl (C=O) groups is 1. The second kappa shape index (κ2) is 6.82. The van der Waals surface area contributed by atoms with Gasteiger partial charge in [0.25, 0.3) is 5.91 Å². The first-order valence-corrected chi connectivity index (χ1v) is 9.07. The highest BCUT2D eigenvalue weighted by Gasteiger charge is 2.15. The monoisotopic (exact) mass is 380 g/mol. The fourth-order valence-corrected chi connectivity index (χ4v) is 3.74. The average molecular weight is 381 g/mol. The van der Waals surface area contributed by atoms with Gasteiger partial charge in [-0.25, -0.2) is 0 Å². The number of aryl methyl sites for hydroxylation is 1. The fourth-order valence-electron chi connectivity index (χ4n) is 2.68. The lowest BCUT2D eigenvalue weighted by Gasteiger charge is -2.07. The summed E-state index contributed by atoms with van der Waals surface area (Å²) in [6.45, 7) is 1.86. The Morgan fingerprint density at radius 2 is 1.85 bits per heavy atom. The predicted octanol–water partition coefficient (Wildman–Crippen LogP) is 4.97. The van der Waals surface area contributed by atoms with Crippen LogP contribution >= 0.6 is 22.9 Å². The number of fused-ring (bicyclic) bond motifs is 1. The summed E-state index contributed by atoms with van der Waals surface area (Å²) in [6, 6.07) is 16.7. The molecule has 0 aliphatic heterocycles. The lowest BCUT2D eigenvalue weighted by molar-refractivity contribution is 0.102. The van der Waals surface area contributed by atoms with Crippen LogP contribution in [0.25, 0.3) is 21.5 Å². The third-order valence-electron chi connectivity index (χ3n) is 3.84. The largest absolute Gasteiger partial charge is 0.296 e. The van der Waals surface area contributed by atoms with E-state index in [0.29, 0.717) is 20.7 Å².